The Morgan fingerprint density at radius 2 is 1.76 bits per heavy atom. The van der Waals surface area contributed by atoms with Gasteiger partial charge in [-0.05, 0) is 42.3 Å². The number of ether oxygens (including phenoxy) is 1. The maximum atomic E-state index is 13.3. The number of amides is 3. The number of aryl methyl sites for hydroxylation is 1. The van der Waals surface area contributed by atoms with Gasteiger partial charge in [0.2, 0.25) is 0 Å². The molecule has 3 aromatic carbocycles. The number of nitrogens with zero attached hydrogens (tertiary/aromatic N) is 2. The Morgan fingerprint density at radius 1 is 1.06 bits per heavy atom. The molecular weight excluding hydrogens is 480 g/mol. The van der Waals surface area contributed by atoms with Gasteiger partial charge >= 0.3 is 6.03 Å². The normalized spacial score (nSPS) is 11.3. The summed E-state index contributed by atoms with van der Waals surface area (Å²) in [5, 5.41) is 17.0. The maximum Gasteiger partial charge on any atom is 0.332 e. The number of non-ortho nitro benzene ring substituents is 1. The quantitative estimate of drug-likeness (QED) is 0.221. The Morgan fingerprint density at radius 3 is 2.38 bits per heavy atom. The molecule has 0 aliphatic rings. The predicted octanol–water partition coefficient (Wildman–Crippen LogP) is 5.62. The molecule has 0 heterocycles. The first kappa shape index (κ1) is 24.9. The topological polar surface area (TPSA) is 114 Å². The lowest BCUT2D eigenvalue weighted by molar-refractivity contribution is -0.384. The summed E-state index contributed by atoms with van der Waals surface area (Å²) in [5.41, 5.74) is 1.59. The molecule has 2 N–H and O–H groups in total. The minimum absolute atomic E-state index is 0.0570. The number of urea groups is 1. The van der Waals surface area contributed by atoms with E-state index in [0.29, 0.717) is 16.3 Å². The van der Waals surface area contributed by atoms with Gasteiger partial charge in [0.25, 0.3) is 11.6 Å². The highest BCUT2D eigenvalue weighted by atomic mass is 35.5. The van der Waals surface area contributed by atoms with Gasteiger partial charge in [0.05, 0.1) is 17.7 Å². The van der Waals surface area contributed by atoms with Crippen LogP contribution in [0.15, 0.2) is 66.7 Å². The third-order valence-electron chi connectivity index (χ3n) is 4.90. The van der Waals surface area contributed by atoms with E-state index in [1.807, 2.05) is 0 Å². The van der Waals surface area contributed by atoms with Crippen molar-refractivity contribution in [1.82, 2.24) is 4.31 Å². The fraction of sp³-hybridized carbons (Fsp3) is 0.130. The maximum absolute atomic E-state index is 13.3. The number of hydrogen-bond acceptors (Lipinski definition) is 6. The highest BCUT2D eigenvalue weighted by Crippen LogP contribution is 2.31. The number of carbonyl (C=O) groups excluding carboxylic acids is 2. The summed E-state index contributed by atoms with van der Waals surface area (Å²) in [6.07, 6.45) is 0. The molecule has 9 nitrogen and oxygen atoms in total. The van der Waals surface area contributed by atoms with Crippen LogP contribution in [0, 0.1) is 17.0 Å². The van der Waals surface area contributed by atoms with Gasteiger partial charge in [-0.15, -0.1) is 0 Å². The highest BCUT2D eigenvalue weighted by molar-refractivity contribution is 7.78. The van der Waals surface area contributed by atoms with Crippen LogP contribution < -0.4 is 15.4 Å². The molecular formula is C23H21ClN4O5S. The molecule has 3 rings (SSSR count). The molecule has 0 radical (unpaired) electrons. The number of benzene rings is 3. The van der Waals surface area contributed by atoms with E-state index in [-0.39, 0.29) is 17.1 Å². The third kappa shape index (κ3) is 5.77. The number of hydrogen-bond donors (Lipinski definition) is 3. The fourth-order valence-corrected chi connectivity index (χ4v) is 3.72. The first-order valence-corrected chi connectivity index (χ1v) is 10.7. The van der Waals surface area contributed by atoms with Crippen molar-refractivity contribution in [1.29, 1.82) is 0 Å². The number of thiol groups is 1. The molecule has 1 atom stereocenters. The Bertz CT molecular complexity index is 1230. The molecule has 0 saturated heterocycles. The first-order chi connectivity index (χ1) is 16.2. The van der Waals surface area contributed by atoms with Gasteiger partial charge < -0.3 is 15.4 Å². The minimum atomic E-state index is -1.13. The van der Waals surface area contributed by atoms with Crippen LogP contribution in [-0.4, -0.2) is 28.3 Å². The van der Waals surface area contributed by atoms with Gasteiger partial charge in [0.1, 0.15) is 11.8 Å². The van der Waals surface area contributed by atoms with Gasteiger partial charge in [-0.25, -0.2) is 4.79 Å². The molecule has 0 aliphatic heterocycles. The van der Waals surface area contributed by atoms with Gasteiger partial charge in [-0.3, -0.25) is 19.2 Å². The van der Waals surface area contributed by atoms with Crippen molar-refractivity contribution in [3.63, 3.8) is 0 Å². The second-order valence-electron chi connectivity index (χ2n) is 7.18. The zero-order valence-electron chi connectivity index (χ0n) is 18.2. The Hall–Kier alpha value is -3.76. The van der Waals surface area contributed by atoms with Gasteiger partial charge in [-0.2, -0.15) is 0 Å². The van der Waals surface area contributed by atoms with E-state index in [2.05, 4.69) is 23.4 Å². The van der Waals surface area contributed by atoms with E-state index in [4.69, 9.17) is 16.3 Å². The van der Waals surface area contributed by atoms with Crippen LogP contribution in [0.2, 0.25) is 5.02 Å². The molecule has 1 unspecified atom stereocenters. The molecule has 0 bridgehead atoms. The Balaban J connectivity index is 1.91. The first-order valence-electron chi connectivity index (χ1n) is 9.94. The van der Waals surface area contributed by atoms with Crippen molar-refractivity contribution in [3.8, 4) is 5.75 Å². The van der Waals surface area contributed by atoms with Crippen LogP contribution in [0.1, 0.15) is 17.2 Å². The second-order valence-corrected chi connectivity index (χ2v) is 8.05. The molecule has 34 heavy (non-hydrogen) atoms. The number of anilines is 2. The summed E-state index contributed by atoms with van der Waals surface area (Å²) < 4.78 is 6.10. The molecule has 176 valence electrons. The summed E-state index contributed by atoms with van der Waals surface area (Å²) in [5.74, 6) is -0.314. The lowest BCUT2D eigenvalue weighted by Gasteiger charge is -2.27. The minimum Gasteiger partial charge on any atom is -0.495 e. The molecule has 3 aromatic rings. The number of rotatable bonds is 7. The predicted molar refractivity (Wildman–Crippen MR) is 133 cm³/mol. The zero-order chi connectivity index (χ0) is 24.8. The number of carbonyl (C=O) groups is 2. The van der Waals surface area contributed by atoms with Crippen molar-refractivity contribution in [3.05, 3.63) is 93.0 Å². The number of nitro benzene ring substituents is 1. The molecule has 0 fully saturated rings. The number of nitro groups is 1. The van der Waals surface area contributed by atoms with Gasteiger partial charge in [0.15, 0.2) is 0 Å². The van der Waals surface area contributed by atoms with E-state index < -0.39 is 22.9 Å². The number of nitrogens with one attached hydrogen (secondary N) is 2. The average molecular weight is 501 g/mol. The van der Waals surface area contributed by atoms with Crippen LogP contribution in [0.25, 0.3) is 0 Å². The van der Waals surface area contributed by atoms with E-state index in [1.54, 1.807) is 55.5 Å². The Kier molecular flexibility index (Phi) is 7.98. The van der Waals surface area contributed by atoms with Crippen LogP contribution in [0.3, 0.4) is 0 Å². The van der Waals surface area contributed by atoms with E-state index >= 15 is 0 Å². The van der Waals surface area contributed by atoms with Crippen molar-refractivity contribution in [2.24, 2.45) is 0 Å². The van der Waals surface area contributed by atoms with Gasteiger partial charge in [-0.1, -0.05) is 54.7 Å². The van der Waals surface area contributed by atoms with E-state index in [1.165, 1.54) is 19.2 Å². The highest BCUT2D eigenvalue weighted by Gasteiger charge is 2.31. The monoisotopic (exact) mass is 500 g/mol. The van der Waals surface area contributed by atoms with E-state index in [0.717, 1.165) is 15.9 Å². The van der Waals surface area contributed by atoms with Crippen molar-refractivity contribution in [2.75, 3.05) is 17.7 Å². The molecule has 11 heteroatoms. The van der Waals surface area contributed by atoms with Crippen LogP contribution in [0.4, 0.5) is 21.9 Å². The van der Waals surface area contributed by atoms with Crippen molar-refractivity contribution >= 4 is 53.4 Å². The SMILES string of the molecule is COc1ccc([N+](=O)[O-])cc1NC(=O)N(S)C(C(=O)Nc1ccc(Cl)cc1C)c1ccccc1. The van der Waals surface area contributed by atoms with Gasteiger partial charge in [0, 0.05) is 22.8 Å². The summed E-state index contributed by atoms with van der Waals surface area (Å²) in [4.78, 5) is 36.9. The largest absolute Gasteiger partial charge is 0.495 e. The van der Waals surface area contributed by atoms with Crippen LogP contribution >= 0.6 is 24.4 Å². The number of halogens is 1. The summed E-state index contributed by atoms with van der Waals surface area (Å²) in [6.45, 7) is 1.79. The van der Waals surface area contributed by atoms with Crippen LogP contribution in [-0.2, 0) is 4.79 Å². The Labute approximate surface area is 206 Å². The standard InChI is InChI=1S/C23H21ClN4O5S/c1-14-12-16(24)8-10-18(14)25-22(29)21(15-6-4-3-5-7-15)27(34)23(30)26-19-13-17(28(31)32)9-11-20(19)33-2/h3-13,21,34H,1-2H3,(H,25,29)(H,26,30). The summed E-state index contributed by atoms with van der Waals surface area (Å²) in [7, 11) is 1.37. The molecule has 3 amide bonds. The molecule has 0 saturated carbocycles. The smallest absolute Gasteiger partial charge is 0.332 e. The summed E-state index contributed by atoms with van der Waals surface area (Å²) in [6, 6.07) is 15.5. The number of methoxy groups -OCH3 is 1. The van der Waals surface area contributed by atoms with Crippen LogP contribution in [0.5, 0.6) is 5.75 Å². The molecule has 0 aliphatic carbocycles. The lowest BCUT2D eigenvalue weighted by atomic mass is 10.1. The van der Waals surface area contributed by atoms with Crippen molar-refractivity contribution < 1.29 is 19.2 Å². The fourth-order valence-electron chi connectivity index (χ4n) is 3.20. The molecule has 0 aromatic heterocycles. The lowest BCUT2D eigenvalue weighted by Crippen LogP contribution is -2.38. The average Bonchev–Trinajstić information content (AvgIpc) is 2.81. The second kappa shape index (κ2) is 10.9. The summed E-state index contributed by atoms with van der Waals surface area (Å²) >= 11 is 10.3. The molecule has 0 spiro atoms. The van der Waals surface area contributed by atoms with Crippen molar-refractivity contribution in [2.45, 2.75) is 13.0 Å². The van der Waals surface area contributed by atoms with E-state index in [9.17, 15) is 19.7 Å². The zero-order valence-corrected chi connectivity index (χ0v) is 19.8. The third-order valence-corrected chi connectivity index (χ3v) is 5.55.